The zero-order valence-electron chi connectivity index (χ0n) is 25.3. The number of piperidine rings is 1. The Morgan fingerprint density at radius 1 is 1.02 bits per heavy atom. The van der Waals surface area contributed by atoms with Gasteiger partial charge < -0.3 is 23.8 Å². The minimum Gasteiger partial charge on any atom is -0.491 e. The third-order valence-corrected chi connectivity index (χ3v) is 8.95. The number of benzene rings is 1. The summed E-state index contributed by atoms with van der Waals surface area (Å²) in [4.78, 5) is 21.6. The van der Waals surface area contributed by atoms with E-state index in [2.05, 4.69) is 25.2 Å². The molecule has 2 saturated heterocycles. The van der Waals surface area contributed by atoms with Gasteiger partial charge in [-0.05, 0) is 62.5 Å². The van der Waals surface area contributed by atoms with Gasteiger partial charge in [-0.25, -0.2) is 4.39 Å². The van der Waals surface area contributed by atoms with E-state index in [9.17, 15) is 9.18 Å². The smallest absolute Gasteiger partial charge is 0.324 e. The zero-order valence-corrected chi connectivity index (χ0v) is 25.3. The molecule has 10 nitrogen and oxygen atoms in total. The van der Waals surface area contributed by atoms with Crippen LogP contribution < -0.4 is 9.64 Å². The average molecular weight is 595 g/mol. The Hall–Kier alpha value is -3.34. The molecule has 4 aliphatic rings. The monoisotopic (exact) mass is 594 g/mol. The summed E-state index contributed by atoms with van der Waals surface area (Å²) in [5.41, 5.74) is 2.62. The number of hydrogen-bond donors (Lipinski definition) is 0. The van der Waals surface area contributed by atoms with Crippen LogP contribution in [0.2, 0.25) is 0 Å². The number of ether oxygens (including phenoxy) is 2. The van der Waals surface area contributed by atoms with Gasteiger partial charge in [-0.3, -0.25) is 4.79 Å². The second kappa shape index (κ2) is 13.5. The van der Waals surface area contributed by atoms with Gasteiger partial charge in [-0.15, -0.1) is 0 Å². The lowest BCUT2D eigenvalue weighted by Gasteiger charge is -2.31. The van der Waals surface area contributed by atoms with Gasteiger partial charge in [0.15, 0.2) is 5.82 Å². The van der Waals surface area contributed by atoms with E-state index in [1.807, 2.05) is 18.7 Å². The summed E-state index contributed by atoms with van der Waals surface area (Å²) in [5, 5.41) is 13.1. The summed E-state index contributed by atoms with van der Waals surface area (Å²) in [7, 11) is 0. The number of carbonyl (C=O) groups is 1. The first kappa shape index (κ1) is 29.7. The van der Waals surface area contributed by atoms with Gasteiger partial charge in [-0.1, -0.05) is 31.5 Å². The second-order valence-electron chi connectivity index (χ2n) is 12.6. The lowest BCUT2D eigenvalue weighted by molar-refractivity contribution is -0.130. The Bertz CT molecular complexity index is 1330. The van der Waals surface area contributed by atoms with Crippen molar-refractivity contribution >= 4 is 23.3 Å². The van der Waals surface area contributed by atoms with Crippen molar-refractivity contribution in [3.8, 4) is 5.75 Å². The maximum Gasteiger partial charge on any atom is 0.324 e. The molecule has 1 atom stereocenters. The first-order chi connectivity index (χ1) is 20.9. The van der Waals surface area contributed by atoms with Gasteiger partial charge in [0.1, 0.15) is 18.2 Å². The number of rotatable bonds is 10. The molecular weight excluding hydrogens is 551 g/mol. The van der Waals surface area contributed by atoms with Crippen LogP contribution in [0.3, 0.4) is 0 Å². The minimum absolute atomic E-state index is 0.0187. The van der Waals surface area contributed by atoms with Gasteiger partial charge in [0, 0.05) is 43.2 Å². The fourth-order valence-corrected chi connectivity index (χ4v) is 6.11. The van der Waals surface area contributed by atoms with E-state index in [-0.39, 0.29) is 24.3 Å². The number of carbonyl (C=O) groups excluding carboxylic acids is 1. The van der Waals surface area contributed by atoms with Gasteiger partial charge in [-0.2, -0.15) is 15.2 Å². The molecule has 232 valence electrons. The Labute approximate surface area is 252 Å². The molecule has 11 heteroatoms. The molecule has 1 aromatic carbocycles. The number of nitrogens with zero attached hydrogens (tertiary/aromatic N) is 6. The van der Waals surface area contributed by atoms with Crippen LogP contribution in [0.1, 0.15) is 82.5 Å². The molecule has 0 N–H and O–H groups in total. The van der Waals surface area contributed by atoms with Crippen molar-refractivity contribution in [2.75, 3.05) is 44.3 Å². The molecule has 3 aliphatic heterocycles. The van der Waals surface area contributed by atoms with E-state index >= 15 is 0 Å². The number of fused-ring (bicyclic) bond motifs is 1. The molecule has 43 heavy (non-hydrogen) atoms. The van der Waals surface area contributed by atoms with Crippen molar-refractivity contribution in [2.45, 2.75) is 83.7 Å². The van der Waals surface area contributed by atoms with Crippen LogP contribution in [0.15, 0.2) is 32.9 Å². The van der Waals surface area contributed by atoms with E-state index < -0.39 is 5.82 Å². The third-order valence-electron chi connectivity index (χ3n) is 8.95. The lowest BCUT2D eigenvalue weighted by Crippen LogP contribution is -2.42. The standard InChI is InChI=1S/C32H43FN6O4/c1-21(2)31-34-32(43-37-31)38-13-10-25(11-14-38)41-15-16-42-26-9-8-23(27(33)19-26)18-30(40)39-12-4-3-5-24-17-28(22-6-7-22)35-36-29(24)20-39/h8-9,19,21-22,24-25H,3-7,10-18,20H2,1-2H3. The lowest BCUT2D eigenvalue weighted by atomic mass is 9.87. The van der Waals surface area contributed by atoms with Crippen molar-refractivity contribution in [3.63, 3.8) is 0 Å². The van der Waals surface area contributed by atoms with Gasteiger partial charge in [0.2, 0.25) is 5.91 Å². The summed E-state index contributed by atoms with van der Waals surface area (Å²) in [5.74, 6) is 1.88. The predicted molar refractivity (Wildman–Crippen MR) is 161 cm³/mol. The number of amides is 1. The number of halogens is 1. The fraction of sp³-hybridized carbons (Fsp3) is 0.656. The molecule has 0 radical (unpaired) electrons. The summed E-state index contributed by atoms with van der Waals surface area (Å²) < 4.78 is 32.2. The van der Waals surface area contributed by atoms with Crippen LogP contribution >= 0.6 is 0 Å². The van der Waals surface area contributed by atoms with Crippen LogP contribution in [0.5, 0.6) is 5.75 Å². The van der Waals surface area contributed by atoms with Crippen molar-refractivity contribution < 1.29 is 23.2 Å². The van der Waals surface area contributed by atoms with E-state index in [4.69, 9.17) is 14.0 Å². The topological polar surface area (TPSA) is 106 Å². The van der Waals surface area contributed by atoms with Crippen molar-refractivity contribution in [1.29, 1.82) is 0 Å². The molecule has 0 bridgehead atoms. The van der Waals surface area contributed by atoms with Gasteiger partial charge in [0.05, 0.1) is 31.4 Å². The SMILES string of the molecule is CC(C)c1noc(N2CCC(OCCOc3ccc(CC(=O)N4CCCCC5CC(C6CC6)=NN=C5C4)c(F)c3)CC2)n1. The van der Waals surface area contributed by atoms with Gasteiger partial charge in [0.25, 0.3) is 0 Å². The zero-order chi connectivity index (χ0) is 29.8. The van der Waals surface area contributed by atoms with Crippen molar-refractivity contribution in [2.24, 2.45) is 22.0 Å². The van der Waals surface area contributed by atoms with Crippen LogP contribution in [0.4, 0.5) is 10.4 Å². The Balaban J connectivity index is 0.934. The summed E-state index contributed by atoms with van der Waals surface area (Å²) >= 11 is 0. The second-order valence-corrected chi connectivity index (χ2v) is 12.6. The third kappa shape index (κ3) is 7.60. The number of hydrogen-bond acceptors (Lipinski definition) is 9. The first-order valence-corrected chi connectivity index (χ1v) is 15.9. The number of anilines is 1. The Morgan fingerprint density at radius 3 is 2.58 bits per heavy atom. The molecule has 2 aromatic rings. The maximum atomic E-state index is 15.0. The molecule has 1 unspecified atom stereocenters. The molecule has 6 rings (SSSR count). The normalized spacial score (nSPS) is 21.6. The average Bonchev–Trinajstić information content (AvgIpc) is 3.72. The molecule has 4 heterocycles. The van der Waals surface area contributed by atoms with E-state index in [0.29, 0.717) is 55.5 Å². The fourth-order valence-electron chi connectivity index (χ4n) is 6.11. The Kier molecular flexibility index (Phi) is 9.35. The van der Waals surface area contributed by atoms with E-state index in [1.165, 1.54) is 24.6 Å². The largest absolute Gasteiger partial charge is 0.491 e. The number of likely N-dealkylation sites (tertiary alicyclic amines) is 1. The molecular formula is C32H43FN6O4. The highest BCUT2D eigenvalue weighted by Crippen LogP contribution is 2.36. The van der Waals surface area contributed by atoms with Crippen LogP contribution in [0.25, 0.3) is 0 Å². The maximum absolute atomic E-state index is 15.0. The van der Waals surface area contributed by atoms with E-state index in [1.54, 1.807) is 12.1 Å². The van der Waals surface area contributed by atoms with Crippen molar-refractivity contribution in [3.05, 3.63) is 35.4 Å². The first-order valence-electron chi connectivity index (χ1n) is 15.9. The quantitative estimate of drug-likeness (QED) is 0.349. The minimum atomic E-state index is -0.431. The molecule has 1 aliphatic carbocycles. The summed E-state index contributed by atoms with van der Waals surface area (Å²) in [6, 6.07) is 5.31. The molecule has 1 amide bonds. The van der Waals surface area contributed by atoms with E-state index in [0.717, 1.165) is 63.2 Å². The highest BCUT2D eigenvalue weighted by atomic mass is 19.1. The molecule has 3 fully saturated rings. The van der Waals surface area contributed by atoms with Gasteiger partial charge >= 0.3 is 6.01 Å². The molecule has 0 spiro atoms. The molecule has 1 aromatic heterocycles. The summed E-state index contributed by atoms with van der Waals surface area (Å²) in [6.45, 7) is 7.55. The predicted octanol–water partition coefficient (Wildman–Crippen LogP) is 5.18. The highest BCUT2D eigenvalue weighted by molar-refractivity contribution is 6.00. The highest BCUT2D eigenvalue weighted by Gasteiger charge is 2.34. The van der Waals surface area contributed by atoms with Crippen LogP contribution in [-0.2, 0) is 16.0 Å². The Morgan fingerprint density at radius 2 is 1.84 bits per heavy atom. The number of aromatic nitrogens is 2. The van der Waals surface area contributed by atoms with Crippen LogP contribution in [0, 0.1) is 17.7 Å². The van der Waals surface area contributed by atoms with Crippen LogP contribution in [-0.4, -0.2) is 77.9 Å². The summed E-state index contributed by atoms with van der Waals surface area (Å²) in [6.07, 6.45) is 8.43. The molecule has 1 saturated carbocycles. The van der Waals surface area contributed by atoms with Crippen molar-refractivity contribution in [1.82, 2.24) is 15.0 Å².